The first-order valence-electron chi connectivity index (χ1n) is 7.23. The van der Waals surface area contributed by atoms with Crippen LogP contribution in [0.15, 0.2) is 24.3 Å². The van der Waals surface area contributed by atoms with Crippen LogP contribution in [0.2, 0.25) is 0 Å². The minimum absolute atomic E-state index is 0.311. The van der Waals surface area contributed by atoms with Gasteiger partial charge in [0.2, 0.25) is 0 Å². The molecule has 20 heavy (non-hydrogen) atoms. The predicted molar refractivity (Wildman–Crippen MR) is 82.7 cm³/mol. The van der Waals surface area contributed by atoms with Crippen LogP contribution in [-0.4, -0.2) is 40.5 Å². The van der Waals surface area contributed by atoms with E-state index < -0.39 is 0 Å². The van der Waals surface area contributed by atoms with E-state index in [1.807, 2.05) is 24.3 Å². The molecule has 2 aromatic rings. The molecule has 3 N–H and O–H groups in total. The van der Waals surface area contributed by atoms with E-state index in [1.165, 1.54) is 25.9 Å². The van der Waals surface area contributed by atoms with Crippen LogP contribution in [0.3, 0.4) is 0 Å². The largest absolute Gasteiger partial charge is 0.381 e. The lowest BCUT2D eigenvalue weighted by Gasteiger charge is -2.22. The Hall–Kier alpha value is -1.88. The average Bonchev–Trinajstić information content (AvgIpc) is 2.92. The van der Waals surface area contributed by atoms with Gasteiger partial charge in [-0.1, -0.05) is 12.1 Å². The summed E-state index contributed by atoms with van der Waals surface area (Å²) in [5.41, 5.74) is 7.70. The van der Waals surface area contributed by atoms with E-state index in [0.717, 1.165) is 17.6 Å². The van der Waals surface area contributed by atoms with Gasteiger partial charge in [-0.3, -0.25) is 0 Å². The lowest BCUT2D eigenvalue weighted by Crippen LogP contribution is -2.33. The highest BCUT2D eigenvalue weighted by Crippen LogP contribution is 2.19. The summed E-state index contributed by atoms with van der Waals surface area (Å²) in [5, 5.41) is 3.39. The molecular formula is C15H21N5. The monoisotopic (exact) mass is 271 g/mol. The summed E-state index contributed by atoms with van der Waals surface area (Å²) < 4.78 is 0. The molecule has 3 rings (SSSR count). The van der Waals surface area contributed by atoms with Gasteiger partial charge < -0.3 is 16.0 Å². The highest BCUT2D eigenvalue weighted by atomic mass is 15.2. The zero-order chi connectivity index (χ0) is 13.9. The molecule has 1 aliphatic rings. The van der Waals surface area contributed by atoms with E-state index >= 15 is 0 Å². The van der Waals surface area contributed by atoms with Crippen LogP contribution in [0.4, 0.5) is 11.6 Å². The number of nitrogens with two attached hydrogens (primary N) is 1. The number of fused-ring (bicyclic) bond motifs is 1. The van der Waals surface area contributed by atoms with E-state index in [-0.39, 0.29) is 0 Å². The Kier molecular flexibility index (Phi) is 3.69. The molecule has 1 aromatic heterocycles. The number of likely N-dealkylation sites (tertiary alicyclic amines) is 1. The van der Waals surface area contributed by atoms with Gasteiger partial charge in [-0.15, -0.1) is 0 Å². The molecular weight excluding hydrogens is 250 g/mol. The fourth-order valence-electron chi connectivity index (χ4n) is 2.75. The van der Waals surface area contributed by atoms with Crippen molar-refractivity contribution in [1.82, 2.24) is 14.9 Å². The van der Waals surface area contributed by atoms with Gasteiger partial charge in [0.25, 0.3) is 0 Å². The number of aromatic nitrogens is 2. The predicted octanol–water partition coefficient (Wildman–Crippen LogP) is 2.11. The van der Waals surface area contributed by atoms with Crippen molar-refractivity contribution in [3.8, 4) is 0 Å². The zero-order valence-corrected chi connectivity index (χ0v) is 11.8. The fourth-order valence-corrected chi connectivity index (χ4v) is 2.75. The van der Waals surface area contributed by atoms with Crippen LogP contribution in [0.5, 0.6) is 0 Å². The minimum Gasteiger partial charge on any atom is -0.381 e. The summed E-state index contributed by atoms with van der Waals surface area (Å²) >= 11 is 0. The Morgan fingerprint density at radius 3 is 2.55 bits per heavy atom. The smallest absolute Gasteiger partial charge is 0.169 e. The summed E-state index contributed by atoms with van der Waals surface area (Å²) in [6, 6.07) is 8.10. The van der Waals surface area contributed by atoms with Gasteiger partial charge in [0, 0.05) is 12.6 Å². The summed E-state index contributed by atoms with van der Waals surface area (Å²) in [6.45, 7) is 5.58. The first-order valence-corrected chi connectivity index (χ1v) is 7.23. The van der Waals surface area contributed by atoms with Crippen molar-refractivity contribution in [2.75, 3.05) is 30.7 Å². The lowest BCUT2D eigenvalue weighted by atomic mass is 10.3. The van der Waals surface area contributed by atoms with Crippen molar-refractivity contribution >= 4 is 22.7 Å². The molecule has 1 saturated heterocycles. The van der Waals surface area contributed by atoms with Gasteiger partial charge in [-0.25, -0.2) is 9.97 Å². The highest BCUT2D eigenvalue weighted by Gasteiger charge is 2.16. The molecule has 1 aromatic carbocycles. The van der Waals surface area contributed by atoms with Gasteiger partial charge in [0.05, 0.1) is 11.0 Å². The van der Waals surface area contributed by atoms with Gasteiger partial charge in [0.1, 0.15) is 0 Å². The average molecular weight is 271 g/mol. The van der Waals surface area contributed by atoms with Crippen molar-refractivity contribution in [3.05, 3.63) is 24.3 Å². The Bertz CT molecular complexity index is 592. The summed E-state index contributed by atoms with van der Waals surface area (Å²) in [6.07, 6.45) is 2.62. The first-order chi connectivity index (χ1) is 9.72. The van der Waals surface area contributed by atoms with E-state index in [9.17, 15) is 0 Å². The number of nitrogens with zero attached hydrogens (tertiary/aromatic N) is 3. The highest BCUT2D eigenvalue weighted by molar-refractivity contribution is 5.79. The number of anilines is 2. The number of hydrogen-bond donors (Lipinski definition) is 2. The van der Waals surface area contributed by atoms with Gasteiger partial charge in [-0.05, 0) is 45.0 Å². The normalized spacial score (nSPS) is 17.4. The van der Waals surface area contributed by atoms with Crippen LogP contribution < -0.4 is 11.1 Å². The van der Waals surface area contributed by atoms with Crippen molar-refractivity contribution < 1.29 is 0 Å². The Labute approximate surface area is 119 Å². The van der Waals surface area contributed by atoms with Crippen molar-refractivity contribution in [3.63, 3.8) is 0 Å². The summed E-state index contributed by atoms with van der Waals surface area (Å²) in [4.78, 5) is 11.4. The molecule has 1 atom stereocenters. The van der Waals surface area contributed by atoms with Crippen LogP contribution in [-0.2, 0) is 0 Å². The molecule has 1 aliphatic heterocycles. The third kappa shape index (κ3) is 2.82. The van der Waals surface area contributed by atoms with Crippen molar-refractivity contribution in [2.24, 2.45) is 0 Å². The number of rotatable bonds is 4. The maximum absolute atomic E-state index is 5.99. The number of benzene rings is 1. The van der Waals surface area contributed by atoms with Gasteiger partial charge in [0.15, 0.2) is 11.6 Å². The van der Waals surface area contributed by atoms with Crippen molar-refractivity contribution in [2.45, 2.75) is 25.8 Å². The number of nitrogen functional groups attached to an aromatic ring is 1. The molecule has 0 saturated carbocycles. The molecule has 0 aliphatic carbocycles. The molecule has 5 heteroatoms. The molecule has 1 unspecified atom stereocenters. The van der Waals surface area contributed by atoms with Crippen LogP contribution in [0.1, 0.15) is 19.8 Å². The topological polar surface area (TPSA) is 67.1 Å². The fraction of sp³-hybridized carbons (Fsp3) is 0.467. The first kappa shape index (κ1) is 13.1. The third-order valence-electron chi connectivity index (χ3n) is 3.71. The molecule has 5 nitrogen and oxygen atoms in total. The number of hydrogen-bond acceptors (Lipinski definition) is 5. The maximum Gasteiger partial charge on any atom is 0.169 e. The second kappa shape index (κ2) is 5.63. The molecule has 0 spiro atoms. The van der Waals surface area contributed by atoms with E-state index in [0.29, 0.717) is 17.7 Å². The minimum atomic E-state index is 0.311. The SMILES string of the molecule is CC(CN1CCCC1)Nc1nc2ccccc2nc1N. The number of para-hydroxylation sites is 2. The lowest BCUT2D eigenvalue weighted by molar-refractivity contribution is 0.327. The second-order valence-electron chi connectivity index (χ2n) is 5.50. The van der Waals surface area contributed by atoms with Crippen molar-refractivity contribution in [1.29, 1.82) is 0 Å². The second-order valence-corrected chi connectivity index (χ2v) is 5.50. The van der Waals surface area contributed by atoms with E-state index in [1.54, 1.807) is 0 Å². The molecule has 0 bridgehead atoms. The third-order valence-corrected chi connectivity index (χ3v) is 3.71. The maximum atomic E-state index is 5.99. The molecule has 0 radical (unpaired) electrons. The van der Waals surface area contributed by atoms with Crippen LogP contribution in [0, 0.1) is 0 Å². The number of nitrogens with one attached hydrogen (secondary N) is 1. The van der Waals surface area contributed by atoms with Gasteiger partial charge >= 0.3 is 0 Å². The van der Waals surface area contributed by atoms with Crippen LogP contribution in [0.25, 0.3) is 11.0 Å². The Morgan fingerprint density at radius 2 is 1.85 bits per heavy atom. The molecule has 106 valence electrons. The Morgan fingerprint density at radius 1 is 1.20 bits per heavy atom. The molecule has 2 heterocycles. The standard InChI is InChI=1S/C15H21N5/c1-11(10-20-8-4-5-9-20)17-15-14(16)18-12-6-2-3-7-13(12)19-15/h2-3,6-7,11H,4-5,8-10H2,1H3,(H2,16,18)(H,17,19). The summed E-state index contributed by atoms with van der Waals surface area (Å²) in [5.74, 6) is 1.16. The quantitative estimate of drug-likeness (QED) is 0.891. The van der Waals surface area contributed by atoms with E-state index in [2.05, 4.69) is 27.1 Å². The summed E-state index contributed by atoms with van der Waals surface area (Å²) in [7, 11) is 0. The zero-order valence-electron chi connectivity index (χ0n) is 11.8. The van der Waals surface area contributed by atoms with E-state index in [4.69, 9.17) is 5.73 Å². The Balaban J connectivity index is 1.74. The molecule has 1 fully saturated rings. The molecule has 0 amide bonds. The van der Waals surface area contributed by atoms with Crippen LogP contribution >= 0.6 is 0 Å². The van der Waals surface area contributed by atoms with Gasteiger partial charge in [-0.2, -0.15) is 0 Å².